The summed E-state index contributed by atoms with van der Waals surface area (Å²) in [5.41, 5.74) is -1.77. The van der Waals surface area contributed by atoms with Crippen LogP contribution in [0.25, 0.3) is 0 Å². The molecule has 0 fully saturated rings. The molecular formula is C8H3ClF6O3S. The van der Waals surface area contributed by atoms with Crippen LogP contribution in [0.3, 0.4) is 0 Å². The second kappa shape index (κ2) is 4.75. The molecule has 0 unspecified atom stereocenters. The van der Waals surface area contributed by atoms with Crippen molar-refractivity contribution in [3.05, 3.63) is 23.8 Å². The summed E-state index contributed by atoms with van der Waals surface area (Å²) in [6.45, 7) is 0. The van der Waals surface area contributed by atoms with Crippen LogP contribution in [0.4, 0.5) is 26.3 Å². The highest BCUT2D eigenvalue weighted by Crippen LogP contribution is 2.39. The molecule has 0 atom stereocenters. The molecule has 0 aliphatic rings. The van der Waals surface area contributed by atoms with Crippen molar-refractivity contribution in [3.8, 4) is 5.75 Å². The van der Waals surface area contributed by atoms with Crippen molar-refractivity contribution < 1.29 is 39.5 Å². The van der Waals surface area contributed by atoms with E-state index in [1.165, 1.54) is 0 Å². The van der Waals surface area contributed by atoms with Gasteiger partial charge in [0.1, 0.15) is 5.75 Å². The van der Waals surface area contributed by atoms with Gasteiger partial charge in [0.05, 0.1) is 10.5 Å². The molecule has 0 aliphatic heterocycles. The lowest BCUT2D eigenvalue weighted by molar-refractivity contribution is -0.276. The van der Waals surface area contributed by atoms with Crippen LogP contribution in [0.2, 0.25) is 0 Å². The lowest BCUT2D eigenvalue weighted by Crippen LogP contribution is -2.20. The maximum Gasteiger partial charge on any atom is 0.573 e. The third-order valence-corrected chi connectivity index (χ3v) is 3.12. The number of ether oxygens (including phenoxy) is 1. The van der Waals surface area contributed by atoms with Gasteiger partial charge in [-0.15, -0.1) is 13.2 Å². The Balaban J connectivity index is 3.44. The number of rotatable bonds is 2. The van der Waals surface area contributed by atoms with E-state index >= 15 is 0 Å². The average Bonchev–Trinajstić information content (AvgIpc) is 2.11. The molecule has 0 radical (unpaired) electrons. The quantitative estimate of drug-likeness (QED) is 0.616. The molecule has 0 N–H and O–H groups in total. The Hall–Kier alpha value is -1.16. The van der Waals surface area contributed by atoms with Crippen LogP contribution in [0, 0.1) is 0 Å². The zero-order chi connectivity index (χ0) is 15.1. The molecule has 0 bridgehead atoms. The maximum absolute atomic E-state index is 12.4. The lowest BCUT2D eigenvalue weighted by atomic mass is 10.2. The van der Waals surface area contributed by atoms with Gasteiger partial charge in [-0.25, -0.2) is 8.42 Å². The monoisotopic (exact) mass is 328 g/mol. The third-order valence-electron chi connectivity index (χ3n) is 1.77. The van der Waals surface area contributed by atoms with Crippen LogP contribution in [-0.2, 0) is 15.2 Å². The second-order valence-electron chi connectivity index (χ2n) is 3.14. The first-order chi connectivity index (χ1) is 8.31. The van der Waals surface area contributed by atoms with Gasteiger partial charge in [-0.05, 0) is 12.1 Å². The van der Waals surface area contributed by atoms with Gasteiger partial charge in [0.25, 0.3) is 9.05 Å². The number of hydrogen-bond acceptors (Lipinski definition) is 3. The van der Waals surface area contributed by atoms with Crippen molar-refractivity contribution in [1.29, 1.82) is 0 Å². The van der Waals surface area contributed by atoms with Crippen LogP contribution in [0.1, 0.15) is 5.56 Å². The molecule has 11 heteroatoms. The average molecular weight is 329 g/mol. The van der Waals surface area contributed by atoms with Crippen molar-refractivity contribution in [3.63, 3.8) is 0 Å². The van der Waals surface area contributed by atoms with E-state index in [4.69, 9.17) is 10.7 Å². The van der Waals surface area contributed by atoms with Crippen molar-refractivity contribution in [2.75, 3.05) is 0 Å². The zero-order valence-electron chi connectivity index (χ0n) is 8.51. The van der Waals surface area contributed by atoms with Crippen LogP contribution in [0.15, 0.2) is 23.1 Å². The predicted octanol–water partition coefficient (Wildman–Crippen LogP) is 3.53. The van der Waals surface area contributed by atoms with E-state index in [0.29, 0.717) is 6.07 Å². The smallest absolute Gasteiger partial charge is 0.405 e. The first-order valence-corrected chi connectivity index (χ1v) is 6.53. The molecule has 19 heavy (non-hydrogen) atoms. The molecule has 3 nitrogen and oxygen atoms in total. The fourth-order valence-corrected chi connectivity index (χ4v) is 1.86. The van der Waals surface area contributed by atoms with Crippen molar-refractivity contribution >= 4 is 19.7 Å². The highest BCUT2D eigenvalue weighted by Gasteiger charge is 2.39. The summed E-state index contributed by atoms with van der Waals surface area (Å²) in [5.74, 6) is -1.69. The Morgan fingerprint density at radius 2 is 1.58 bits per heavy atom. The summed E-state index contributed by atoms with van der Waals surface area (Å²) >= 11 is 0. The number of halogens is 7. The summed E-state index contributed by atoms with van der Waals surface area (Å²) < 4.78 is 98.0. The normalized spacial score (nSPS) is 13.4. The first kappa shape index (κ1) is 15.9. The molecule has 0 spiro atoms. The summed E-state index contributed by atoms with van der Waals surface area (Å²) in [4.78, 5) is -0.943. The predicted molar refractivity (Wildman–Crippen MR) is 51.2 cm³/mol. The Morgan fingerprint density at radius 3 is 1.95 bits per heavy atom. The molecule has 0 saturated carbocycles. The topological polar surface area (TPSA) is 43.4 Å². The Morgan fingerprint density at radius 1 is 1.05 bits per heavy atom. The molecule has 0 aliphatic carbocycles. The van der Waals surface area contributed by atoms with Gasteiger partial charge in [0.2, 0.25) is 0 Å². The highest BCUT2D eigenvalue weighted by atomic mass is 35.7. The van der Waals surface area contributed by atoms with Gasteiger partial charge in [-0.3, -0.25) is 0 Å². The van der Waals surface area contributed by atoms with E-state index in [2.05, 4.69) is 4.74 Å². The van der Waals surface area contributed by atoms with Gasteiger partial charge in [0, 0.05) is 16.7 Å². The van der Waals surface area contributed by atoms with E-state index in [9.17, 15) is 34.8 Å². The van der Waals surface area contributed by atoms with E-state index in [1.54, 1.807) is 0 Å². The van der Waals surface area contributed by atoms with E-state index in [0.717, 1.165) is 0 Å². The Kier molecular flexibility index (Phi) is 3.97. The minimum absolute atomic E-state index is 0.0542. The minimum Gasteiger partial charge on any atom is -0.405 e. The SMILES string of the molecule is O=S(=O)(Cl)c1ccc(C(F)(F)F)c(OC(F)(F)F)c1. The second-order valence-corrected chi connectivity index (χ2v) is 5.71. The van der Waals surface area contributed by atoms with Crippen LogP contribution in [0.5, 0.6) is 5.75 Å². The highest BCUT2D eigenvalue weighted by molar-refractivity contribution is 8.13. The summed E-state index contributed by atoms with van der Waals surface area (Å²) in [6.07, 6.45) is -10.6. The number of hydrogen-bond donors (Lipinski definition) is 0. The van der Waals surface area contributed by atoms with Gasteiger partial charge in [-0.1, -0.05) is 0 Å². The largest absolute Gasteiger partial charge is 0.573 e. The third kappa shape index (κ3) is 4.46. The van der Waals surface area contributed by atoms with Gasteiger partial charge in [-0.2, -0.15) is 13.2 Å². The molecule has 1 aromatic carbocycles. The Bertz CT molecular complexity index is 577. The Labute approximate surface area is 107 Å². The van der Waals surface area contributed by atoms with E-state index in [-0.39, 0.29) is 12.1 Å². The number of benzene rings is 1. The van der Waals surface area contributed by atoms with E-state index in [1.807, 2.05) is 0 Å². The zero-order valence-corrected chi connectivity index (χ0v) is 10.1. The summed E-state index contributed by atoms with van der Waals surface area (Å²) in [7, 11) is 0.337. The standard InChI is InChI=1S/C8H3ClF6O3S/c9-19(16,17)4-1-2-5(7(10,11)12)6(3-4)18-8(13,14)15/h1-3H. The molecular weight excluding hydrogens is 326 g/mol. The molecule has 0 aromatic heterocycles. The molecule has 1 aromatic rings. The molecule has 0 saturated heterocycles. The van der Waals surface area contributed by atoms with Crippen LogP contribution < -0.4 is 4.74 Å². The summed E-state index contributed by atoms with van der Waals surface area (Å²) in [6, 6.07) is 0.614. The van der Waals surface area contributed by atoms with Gasteiger partial charge >= 0.3 is 12.5 Å². The fraction of sp³-hybridized carbons (Fsp3) is 0.250. The molecule has 0 heterocycles. The van der Waals surface area contributed by atoms with Gasteiger partial charge in [0.15, 0.2) is 0 Å². The van der Waals surface area contributed by atoms with E-state index < -0.39 is 37.8 Å². The first-order valence-electron chi connectivity index (χ1n) is 4.22. The van der Waals surface area contributed by atoms with Crippen LogP contribution >= 0.6 is 10.7 Å². The van der Waals surface area contributed by atoms with Crippen LogP contribution in [-0.4, -0.2) is 14.8 Å². The lowest BCUT2D eigenvalue weighted by Gasteiger charge is -2.15. The minimum atomic E-state index is -5.41. The maximum atomic E-state index is 12.4. The number of alkyl halides is 6. The van der Waals surface area contributed by atoms with Gasteiger partial charge < -0.3 is 4.74 Å². The van der Waals surface area contributed by atoms with Crippen molar-refractivity contribution in [2.45, 2.75) is 17.4 Å². The van der Waals surface area contributed by atoms with Crippen molar-refractivity contribution in [1.82, 2.24) is 0 Å². The molecule has 0 amide bonds. The van der Waals surface area contributed by atoms with Crippen molar-refractivity contribution in [2.24, 2.45) is 0 Å². The fourth-order valence-electron chi connectivity index (χ4n) is 1.10. The summed E-state index contributed by atoms with van der Waals surface area (Å²) in [5, 5.41) is 0. The molecule has 1 rings (SSSR count). The molecule has 108 valence electrons.